The predicted octanol–water partition coefficient (Wildman–Crippen LogP) is -0.871. The highest BCUT2D eigenvalue weighted by Gasteiger charge is 2.04. The first-order valence-electron chi connectivity index (χ1n) is 4.02. The number of hydrogen-bond acceptors (Lipinski definition) is 3. The van der Waals surface area contributed by atoms with E-state index in [1.807, 2.05) is 0 Å². The number of nitrogens with zero attached hydrogens (tertiary/aromatic N) is 2. The molecule has 0 fully saturated rings. The average Bonchev–Trinajstić information content (AvgIpc) is 2.18. The molecule has 1 rings (SSSR count). The van der Waals surface area contributed by atoms with Crippen LogP contribution in [0.1, 0.15) is 0 Å². The molecule has 0 aliphatic carbocycles. The molecule has 0 saturated carbocycles. The van der Waals surface area contributed by atoms with E-state index in [1.165, 1.54) is 17.8 Å². The van der Waals surface area contributed by atoms with E-state index in [0.717, 1.165) is 4.57 Å². The topological polar surface area (TPSA) is 56.0 Å². The third-order valence-electron chi connectivity index (χ3n) is 1.83. The molecule has 0 saturated heterocycles. The molecule has 1 aromatic rings. The quantitative estimate of drug-likeness (QED) is 0.621. The van der Waals surface area contributed by atoms with Crippen LogP contribution in [0.2, 0.25) is 0 Å². The average molecular weight is 193 g/mol. The Morgan fingerprint density at radius 3 is 2.71 bits per heavy atom. The van der Waals surface area contributed by atoms with Crippen molar-refractivity contribution < 1.29 is 0 Å². The number of terminal acetylenes is 1. The minimum absolute atomic E-state index is 0.257. The molecule has 1 heterocycles. The number of anilines is 1. The van der Waals surface area contributed by atoms with Crippen molar-refractivity contribution in [3.8, 4) is 12.3 Å². The summed E-state index contributed by atoms with van der Waals surface area (Å²) >= 11 is 0. The molecule has 0 spiro atoms. The summed E-state index contributed by atoms with van der Waals surface area (Å²) in [5, 5.41) is 2.74. The monoisotopic (exact) mass is 193 g/mol. The Hall–Kier alpha value is -1.96. The first-order chi connectivity index (χ1) is 6.57. The Labute approximate surface area is 81.0 Å². The Morgan fingerprint density at radius 1 is 1.50 bits per heavy atom. The maximum Gasteiger partial charge on any atom is 0.330 e. The van der Waals surface area contributed by atoms with Crippen LogP contribution in [0.25, 0.3) is 0 Å². The zero-order valence-electron chi connectivity index (χ0n) is 8.07. The molecule has 0 aromatic carbocycles. The van der Waals surface area contributed by atoms with E-state index in [1.54, 1.807) is 7.05 Å². The van der Waals surface area contributed by atoms with Gasteiger partial charge in [-0.3, -0.25) is 9.36 Å². The summed E-state index contributed by atoms with van der Waals surface area (Å²) in [6.07, 6.45) is 6.48. The van der Waals surface area contributed by atoms with Crippen LogP contribution < -0.4 is 16.6 Å². The summed E-state index contributed by atoms with van der Waals surface area (Å²) in [4.78, 5) is 22.7. The van der Waals surface area contributed by atoms with Crippen molar-refractivity contribution >= 4 is 5.69 Å². The lowest BCUT2D eigenvalue weighted by molar-refractivity contribution is 0.688. The van der Waals surface area contributed by atoms with Gasteiger partial charge in [-0.25, -0.2) is 4.79 Å². The predicted molar refractivity (Wildman–Crippen MR) is 54.2 cm³/mol. The van der Waals surface area contributed by atoms with Gasteiger partial charge in [0.1, 0.15) is 5.69 Å². The van der Waals surface area contributed by atoms with Gasteiger partial charge >= 0.3 is 5.69 Å². The molecular formula is C9H11N3O2. The van der Waals surface area contributed by atoms with Gasteiger partial charge in [-0.2, -0.15) is 0 Å². The molecule has 0 amide bonds. The zero-order valence-corrected chi connectivity index (χ0v) is 8.07. The van der Waals surface area contributed by atoms with E-state index in [0.29, 0.717) is 5.69 Å². The van der Waals surface area contributed by atoms with Gasteiger partial charge in [0.25, 0.3) is 5.56 Å². The highest BCUT2D eigenvalue weighted by atomic mass is 16.2. The van der Waals surface area contributed by atoms with E-state index in [4.69, 9.17) is 6.42 Å². The first kappa shape index (κ1) is 10.1. The summed E-state index contributed by atoms with van der Waals surface area (Å²) in [6, 6.07) is 0. The number of rotatable bonds is 2. The van der Waals surface area contributed by atoms with E-state index in [9.17, 15) is 9.59 Å². The van der Waals surface area contributed by atoms with Crippen LogP contribution in [0.4, 0.5) is 5.69 Å². The number of hydrogen-bond donors (Lipinski definition) is 1. The Morgan fingerprint density at radius 2 is 2.14 bits per heavy atom. The molecule has 0 aliphatic rings. The fourth-order valence-corrected chi connectivity index (χ4v) is 1.08. The molecule has 0 unspecified atom stereocenters. The molecule has 1 aromatic heterocycles. The second kappa shape index (κ2) is 3.83. The summed E-state index contributed by atoms with van der Waals surface area (Å²) in [7, 11) is 2.99. The van der Waals surface area contributed by atoms with Gasteiger partial charge in [-0.05, 0) is 0 Å². The molecule has 74 valence electrons. The van der Waals surface area contributed by atoms with Gasteiger partial charge in [-0.15, -0.1) is 6.42 Å². The highest BCUT2D eigenvalue weighted by Crippen LogP contribution is 1.92. The summed E-state index contributed by atoms with van der Waals surface area (Å²) in [5.41, 5.74) is -0.405. The lowest BCUT2D eigenvalue weighted by Gasteiger charge is -2.06. The summed E-state index contributed by atoms with van der Waals surface area (Å²) in [6.45, 7) is 0.257. The van der Waals surface area contributed by atoms with E-state index in [2.05, 4.69) is 11.2 Å². The van der Waals surface area contributed by atoms with Gasteiger partial charge in [0.15, 0.2) is 0 Å². The maximum absolute atomic E-state index is 11.5. The lowest BCUT2D eigenvalue weighted by Crippen LogP contribution is -2.37. The van der Waals surface area contributed by atoms with Crippen molar-refractivity contribution in [2.75, 3.05) is 11.9 Å². The van der Waals surface area contributed by atoms with Crippen LogP contribution >= 0.6 is 0 Å². The fourth-order valence-electron chi connectivity index (χ4n) is 1.08. The van der Waals surface area contributed by atoms with E-state index < -0.39 is 0 Å². The minimum Gasteiger partial charge on any atom is -0.368 e. The molecule has 0 atom stereocenters. The highest BCUT2D eigenvalue weighted by molar-refractivity contribution is 5.39. The largest absolute Gasteiger partial charge is 0.368 e. The van der Waals surface area contributed by atoms with Crippen LogP contribution in [0.3, 0.4) is 0 Å². The zero-order chi connectivity index (χ0) is 10.7. The smallest absolute Gasteiger partial charge is 0.330 e. The molecule has 0 radical (unpaired) electrons. The molecule has 1 N–H and O–H groups in total. The van der Waals surface area contributed by atoms with Crippen LogP contribution in [0.15, 0.2) is 15.8 Å². The van der Waals surface area contributed by atoms with Crippen molar-refractivity contribution in [2.45, 2.75) is 0 Å². The molecule has 5 nitrogen and oxygen atoms in total. The Kier molecular flexibility index (Phi) is 2.77. The fraction of sp³-hybridized carbons (Fsp3) is 0.333. The van der Waals surface area contributed by atoms with Gasteiger partial charge in [0.2, 0.25) is 0 Å². The van der Waals surface area contributed by atoms with Crippen molar-refractivity contribution in [2.24, 2.45) is 14.1 Å². The van der Waals surface area contributed by atoms with Crippen LogP contribution in [0.5, 0.6) is 0 Å². The van der Waals surface area contributed by atoms with E-state index in [-0.39, 0.29) is 17.8 Å². The van der Waals surface area contributed by atoms with Crippen LogP contribution in [-0.4, -0.2) is 15.7 Å². The van der Waals surface area contributed by atoms with Gasteiger partial charge < -0.3 is 9.88 Å². The SMILES string of the molecule is C#CCNc1cn(C)c(=O)n(C)c1=O. The molecular weight excluding hydrogens is 182 g/mol. The second-order valence-electron chi connectivity index (χ2n) is 2.86. The van der Waals surface area contributed by atoms with Crippen molar-refractivity contribution in [1.82, 2.24) is 9.13 Å². The maximum atomic E-state index is 11.5. The Balaban J connectivity index is 3.28. The van der Waals surface area contributed by atoms with Crippen LogP contribution in [-0.2, 0) is 14.1 Å². The second-order valence-corrected chi connectivity index (χ2v) is 2.86. The third kappa shape index (κ3) is 1.69. The summed E-state index contributed by atoms with van der Waals surface area (Å²) < 4.78 is 2.35. The van der Waals surface area contributed by atoms with Gasteiger partial charge in [0, 0.05) is 20.3 Å². The Bertz CT molecular complexity index is 490. The van der Waals surface area contributed by atoms with Gasteiger partial charge in [-0.1, -0.05) is 5.92 Å². The van der Waals surface area contributed by atoms with Crippen molar-refractivity contribution in [3.63, 3.8) is 0 Å². The lowest BCUT2D eigenvalue weighted by atomic mass is 10.5. The van der Waals surface area contributed by atoms with Crippen molar-refractivity contribution in [1.29, 1.82) is 0 Å². The van der Waals surface area contributed by atoms with Crippen molar-refractivity contribution in [3.05, 3.63) is 27.0 Å². The number of aromatic nitrogens is 2. The number of nitrogens with one attached hydrogen (secondary N) is 1. The van der Waals surface area contributed by atoms with E-state index >= 15 is 0 Å². The molecule has 0 bridgehead atoms. The molecule has 0 aliphatic heterocycles. The minimum atomic E-state index is -0.372. The van der Waals surface area contributed by atoms with Crippen LogP contribution in [0, 0.1) is 12.3 Å². The first-order valence-corrected chi connectivity index (χ1v) is 4.02. The standard InChI is InChI=1S/C9H11N3O2/c1-4-5-10-7-6-11(2)9(14)12(3)8(7)13/h1,6,10H,5H2,2-3H3. The normalized spacial score (nSPS) is 9.50. The molecule has 5 heteroatoms. The van der Waals surface area contributed by atoms with Gasteiger partial charge in [0.05, 0.1) is 6.54 Å². The summed E-state index contributed by atoms with van der Waals surface area (Å²) in [5.74, 6) is 2.35. The number of aryl methyl sites for hydroxylation is 1. The third-order valence-corrected chi connectivity index (χ3v) is 1.83. The molecule has 14 heavy (non-hydrogen) atoms.